The van der Waals surface area contributed by atoms with Crippen LogP contribution in [0.1, 0.15) is 11.3 Å². The summed E-state index contributed by atoms with van der Waals surface area (Å²) >= 11 is 0. The highest BCUT2D eigenvalue weighted by Crippen LogP contribution is 2.15. The Balaban J connectivity index is 2.29. The van der Waals surface area contributed by atoms with Gasteiger partial charge >= 0.3 is 0 Å². The maximum atomic E-state index is 8.83. The molecule has 0 saturated heterocycles. The molecule has 4 nitrogen and oxygen atoms in total. The number of hydrogen-bond acceptors (Lipinski definition) is 4. The Labute approximate surface area is 93.6 Å². The number of nitriles is 1. The van der Waals surface area contributed by atoms with Crippen LogP contribution in [-0.2, 0) is 0 Å². The first-order valence-electron chi connectivity index (χ1n) is 4.84. The van der Waals surface area contributed by atoms with E-state index in [1.807, 2.05) is 19.1 Å². The first-order valence-corrected chi connectivity index (χ1v) is 4.84. The van der Waals surface area contributed by atoms with Gasteiger partial charge in [-0.2, -0.15) is 5.26 Å². The summed E-state index contributed by atoms with van der Waals surface area (Å²) in [6.45, 7) is 1.86. The average molecular weight is 210 g/mol. The number of aryl methyl sites for hydroxylation is 1. The molecule has 0 radical (unpaired) electrons. The molecule has 0 spiro atoms. The Morgan fingerprint density at radius 2 is 2.25 bits per heavy atom. The summed E-state index contributed by atoms with van der Waals surface area (Å²) in [6.07, 6.45) is 3.41. The Morgan fingerprint density at radius 1 is 1.38 bits per heavy atom. The van der Waals surface area contributed by atoms with Gasteiger partial charge in [0.15, 0.2) is 0 Å². The van der Waals surface area contributed by atoms with Crippen molar-refractivity contribution in [3.8, 4) is 6.07 Å². The van der Waals surface area contributed by atoms with E-state index in [9.17, 15) is 0 Å². The van der Waals surface area contributed by atoms with E-state index >= 15 is 0 Å². The molecule has 0 aromatic carbocycles. The van der Waals surface area contributed by atoms with Gasteiger partial charge in [0.1, 0.15) is 5.82 Å². The van der Waals surface area contributed by atoms with Crippen molar-refractivity contribution in [1.82, 2.24) is 9.97 Å². The second-order valence-electron chi connectivity index (χ2n) is 3.36. The van der Waals surface area contributed by atoms with E-state index in [1.54, 1.807) is 24.5 Å². The number of nitrogens with zero attached hydrogens (tertiary/aromatic N) is 3. The van der Waals surface area contributed by atoms with Crippen LogP contribution in [0, 0.1) is 18.3 Å². The van der Waals surface area contributed by atoms with Gasteiger partial charge in [-0.25, -0.2) is 4.98 Å². The van der Waals surface area contributed by atoms with Crippen LogP contribution in [0.15, 0.2) is 36.7 Å². The normalized spacial score (nSPS) is 9.50. The molecule has 4 heteroatoms. The van der Waals surface area contributed by atoms with Crippen LogP contribution in [0.3, 0.4) is 0 Å². The van der Waals surface area contributed by atoms with Crippen LogP contribution >= 0.6 is 0 Å². The fraction of sp³-hybridized carbons (Fsp3) is 0.0833. The zero-order valence-electron chi connectivity index (χ0n) is 8.81. The van der Waals surface area contributed by atoms with Crippen molar-refractivity contribution < 1.29 is 0 Å². The molecule has 0 bridgehead atoms. The third kappa shape index (κ3) is 2.34. The minimum atomic E-state index is 0.596. The van der Waals surface area contributed by atoms with Gasteiger partial charge in [0.2, 0.25) is 0 Å². The molecular weight excluding hydrogens is 200 g/mol. The van der Waals surface area contributed by atoms with Gasteiger partial charge in [-0.1, -0.05) is 0 Å². The lowest BCUT2D eigenvalue weighted by Crippen LogP contribution is -1.96. The van der Waals surface area contributed by atoms with Crippen LogP contribution < -0.4 is 5.32 Å². The number of rotatable bonds is 2. The number of nitrogens with one attached hydrogen (secondary N) is 1. The first-order chi connectivity index (χ1) is 7.78. The van der Waals surface area contributed by atoms with Crippen LogP contribution in [0.5, 0.6) is 0 Å². The van der Waals surface area contributed by atoms with E-state index in [2.05, 4.69) is 21.4 Å². The topological polar surface area (TPSA) is 61.6 Å². The molecule has 16 heavy (non-hydrogen) atoms. The van der Waals surface area contributed by atoms with Crippen molar-refractivity contribution in [3.63, 3.8) is 0 Å². The largest absolute Gasteiger partial charge is 0.339 e. The second-order valence-corrected chi connectivity index (χ2v) is 3.36. The predicted molar refractivity (Wildman–Crippen MR) is 61.2 cm³/mol. The molecule has 2 aromatic rings. The lowest BCUT2D eigenvalue weighted by Gasteiger charge is -2.05. The maximum Gasteiger partial charge on any atom is 0.131 e. The van der Waals surface area contributed by atoms with E-state index in [-0.39, 0.29) is 0 Å². The summed E-state index contributed by atoms with van der Waals surface area (Å²) in [5, 5.41) is 11.9. The molecule has 0 unspecified atom stereocenters. The summed E-state index contributed by atoms with van der Waals surface area (Å²) in [6, 6.07) is 9.28. The molecule has 2 rings (SSSR count). The van der Waals surface area contributed by atoms with Crippen molar-refractivity contribution in [2.24, 2.45) is 0 Å². The summed E-state index contributed by atoms with van der Waals surface area (Å²) < 4.78 is 0. The molecule has 0 atom stereocenters. The summed E-state index contributed by atoms with van der Waals surface area (Å²) in [4.78, 5) is 8.28. The standard InChI is InChI=1S/C12H10N4/c1-9-5-10(7-13)6-12(15-9)16-11-3-2-4-14-8-11/h2-6,8H,1H3,(H,15,16). The smallest absolute Gasteiger partial charge is 0.131 e. The quantitative estimate of drug-likeness (QED) is 0.826. The Bertz CT molecular complexity index is 528. The minimum Gasteiger partial charge on any atom is -0.339 e. The van der Waals surface area contributed by atoms with Crippen LogP contribution in [0.2, 0.25) is 0 Å². The van der Waals surface area contributed by atoms with Gasteiger partial charge in [0, 0.05) is 11.9 Å². The Morgan fingerprint density at radius 3 is 2.94 bits per heavy atom. The van der Waals surface area contributed by atoms with Gasteiger partial charge in [0.05, 0.1) is 23.5 Å². The number of pyridine rings is 2. The number of anilines is 2. The Hall–Kier alpha value is -2.41. The molecule has 0 aliphatic carbocycles. The maximum absolute atomic E-state index is 8.83. The molecule has 0 saturated carbocycles. The monoisotopic (exact) mass is 210 g/mol. The van der Waals surface area contributed by atoms with E-state index in [4.69, 9.17) is 5.26 Å². The zero-order chi connectivity index (χ0) is 11.4. The molecule has 1 N–H and O–H groups in total. The molecule has 0 aliphatic rings. The molecule has 0 amide bonds. The summed E-state index contributed by atoms with van der Waals surface area (Å²) in [7, 11) is 0. The highest BCUT2D eigenvalue weighted by molar-refractivity contribution is 5.56. The van der Waals surface area contributed by atoms with E-state index in [0.717, 1.165) is 11.4 Å². The van der Waals surface area contributed by atoms with Crippen LogP contribution in [0.4, 0.5) is 11.5 Å². The van der Waals surface area contributed by atoms with Gasteiger partial charge in [-0.05, 0) is 31.2 Å². The molecule has 0 aliphatic heterocycles. The fourth-order valence-electron chi connectivity index (χ4n) is 1.38. The SMILES string of the molecule is Cc1cc(C#N)cc(Nc2cccnc2)n1. The highest BCUT2D eigenvalue weighted by Gasteiger charge is 2.00. The Kier molecular flexibility index (Phi) is 2.79. The van der Waals surface area contributed by atoms with Gasteiger partial charge in [-0.15, -0.1) is 0 Å². The number of aromatic nitrogens is 2. The molecule has 2 aromatic heterocycles. The third-order valence-corrected chi connectivity index (χ3v) is 2.02. The van der Waals surface area contributed by atoms with E-state index in [1.165, 1.54) is 0 Å². The highest BCUT2D eigenvalue weighted by atomic mass is 15.0. The number of hydrogen-bond donors (Lipinski definition) is 1. The van der Waals surface area contributed by atoms with Crippen molar-refractivity contribution in [3.05, 3.63) is 47.9 Å². The van der Waals surface area contributed by atoms with Crippen molar-refractivity contribution >= 4 is 11.5 Å². The lowest BCUT2D eigenvalue weighted by molar-refractivity contribution is 1.18. The molecular formula is C12H10N4. The zero-order valence-corrected chi connectivity index (χ0v) is 8.81. The van der Waals surface area contributed by atoms with Gasteiger partial charge < -0.3 is 5.32 Å². The average Bonchev–Trinajstić information content (AvgIpc) is 2.29. The van der Waals surface area contributed by atoms with Gasteiger partial charge in [0.25, 0.3) is 0 Å². The van der Waals surface area contributed by atoms with Gasteiger partial charge in [-0.3, -0.25) is 4.98 Å². The second kappa shape index (κ2) is 4.41. The minimum absolute atomic E-state index is 0.596. The third-order valence-electron chi connectivity index (χ3n) is 2.02. The predicted octanol–water partition coefficient (Wildman–Crippen LogP) is 2.40. The fourth-order valence-corrected chi connectivity index (χ4v) is 1.38. The molecule has 2 heterocycles. The van der Waals surface area contributed by atoms with E-state index in [0.29, 0.717) is 11.4 Å². The van der Waals surface area contributed by atoms with Crippen LogP contribution in [0.25, 0.3) is 0 Å². The van der Waals surface area contributed by atoms with Crippen molar-refractivity contribution in [2.75, 3.05) is 5.32 Å². The summed E-state index contributed by atoms with van der Waals surface area (Å²) in [5.74, 6) is 0.657. The summed E-state index contributed by atoms with van der Waals surface area (Å²) in [5.41, 5.74) is 2.26. The first kappa shape index (κ1) is 10.1. The molecule has 0 fully saturated rings. The van der Waals surface area contributed by atoms with E-state index < -0.39 is 0 Å². The van der Waals surface area contributed by atoms with Crippen molar-refractivity contribution in [1.29, 1.82) is 5.26 Å². The lowest BCUT2D eigenvalue weighted by atomic mass is 10.2. The van der Waals surface area contributed by atoms with Crippen LogP contribution in [-0.4, -0.2) is 9.97 Å². The molecule has 78 valence electrons. The van der Waals surface area contributed by atoms with Crippen molar-refractivity contribution in [2.45, 2.75) is 6.92 Å².